The topological polar surface area (TPSA) is 49.3 Å². The van der Waals surface area contributed by atoms with Gasteiger partial charge in [0.2, 0.25) is 0 Å². The van der Waals surface area contributed by atoms with E-state index in [2.05, 4.69) is 11.6 Å². The summed E-state index contributed by atoms with van der Waals surface area (Å²) in [6.45, 7) is 0. The third kappa shape index (κ3) is 3.12. The summed E-state index contributed by atoms with van der Waals surface area (Å²) < 4.78 is 0. The Morgan fingerprint density at radius 2 is 2.28 bits per heavy atom. The standard InChI is InChI=1S/C13H16ClNO2S/c1-18-10-4-3-9(7-10)15-12-5-2-8(13(16)17)6-11(12)14/h2,5-6,9-10,15H,3-4,7H2,1H3,(H,16,17). The number of anilines is 1. The van der Waals surface area contributed by atoms with E-state index in [9.17, 15) is 4.79 Å². The van der Waals surface area contributed by atoms with Crippen LogP contribution in [0.1, 0.15) is 29.6 Å². The summed E-state index contributed by atoms with van der Waals surface area (Å²) in [5.41, 5.74) is 1.05. The van der Waals surface area contributed by atoms with E-state index >= 15 is 0 Å². The Morgan fingerprint density at radius 3 is 2.83 bits per heavy atom. The fourth-order valence-electron chi connectivity index (χ4n) is 2.27. The molecule has 1 fully saturated rings. The summed E-state index contributed by atoms with van der Waals surface area (Å²) in [5.74, 6) is -0.952. The van der Waals surface area contributed by atoms with Gasteiger partial charge >= 0.3 is 5.97 Å². The molecule has 2 rings (SSSR count). The number of carboxylic acid groups (broad SMARTS) is 1. The van der Waals surface area contributed by atoms with Crippen LogP contribution in [-0.2, 0) is 0 Å². The highest BCUT2D eigenvalue weighted by atomic mass is 35.5. The van der Waals surface area contributed by atoms with E-state index in [4.69, 9.17) is 16.7 Å². The highest BCUT2D eigenvalue weighted by molar-refractivity contribution is 7.99. The summed E-state index contributed by atoms with van der Waals surface area (Å²) in [6, 6.07) is 5.26. The molecule has 0 aromatic heterocycles. The molecule has 3 nitrogen and oxygen atoms in total. The van der Waals surface area contributed by atoms with Gasteiger partial charge in [0.05, 0.1) is 16.3 Å². The fraction of sp³-hybridized carbons (Fsp3) is 0.462. The van der Waals surface area contributed by atoms with Gasteiger partial charge in [-0.3, -0.25) is 0 Å². The number of nitrogens with one attached hydrogen (secondary N) is 1. The quantitative estimate of drug-likeness (QED) is 0.885. The molecule has 0 spiro atoms. The first-order chi connectivity index (χ1) is 8.60. The van der Waals surface area contributed by atoms with Crippen LogP contribution in [0.4, 0.5) is 5.69 Å². The predicted octanol–water partition coefficient (Wildman–Crippen LogP) is 3.73. The minimum absolute atomic E-state index is 0.221. The highest BCUT2D eigenvalue weighted by Gasteiger charge is 2.24. The summed E-state index contributed by atoms with van der Waals surface area (Å²) in [7, 11) is 0. The third-order valence-electron chi connectivity index (χ3n) is 3.29. The molecule has 2 N–H and O–H groups in total. The van der Waals surface area contributed by atoms with Gasteiger partial charge in [0, 0.05) is 11.3 Å². The molecule has 0 saturated heterocycles. The van der Waals surface area contributed by atoms with Gasteiger partial charge in [-0.2, -0.15) is 11.8 Å². The molecule has 1 aromatic carbocycles. The van der Waals surface area contributed by atoms with Crippen LogP contribution in [0, 0.1) is 0 Å². The van der Waals surface area contributed by atoms with E-state index in [0.29, 0.717) is 11.1 Å². The molecule has 1 aliphatic rings. The lowest BCUT2D eigenvalue weighted by Crippen LogP contribution is -2.16. The molecule has 2 unspecified atom stereocenters. The molecule has 18 heavy (non-hydrogen) atoms. The lowest BCUT2D eigenvalue weighted by molar-refractivity contribution is 0.0697. The molecule has 5 heteroatoms. The first kappa shape index (κ1) is 13.6. The van der Waals surface area contributed by atoms with Crippen LogP contribution in [0.25, 0.3) is 0 Å². The van der Waals surface area contributed by atoms with E-state index in [-0.39, 0.29) is 5.56 Å². The molecule has 1 aromatic rings. The van der Waals surface area contributed by atoms with Gasteiger partial charge in [0.1, 0.15) is 0 Å². The first-order valence-electron chi connectivity index (χ1n) is 5.92. The van der Waals surface area contributed by atoms with E-state index < -0.39 is 5.97 Å². The van der Waals surface area contributed by atoms with Crippen LogP contribution in [-0.4, -0.2) is 28.6 Å². The maximum atomic E-state index is 10.8. The third-order valence-corrected chi connectivity index (χ3v) is 4.70. The molecule has 0 radical (unpaired) electrons. The maximum Gasteiger partial charge on any atom is 0.335 e. The van der Waals surface area contributed by atoms with E-state index in [1.807, 2.05) is 11.8 Å². The lowest BCUT2D eigenvalue weighted by atomic mass is 10.2. The molecule has 0 heterocycles. The second kappa shape index (κ2) is 5.85. The summed E-state index contributed by atoms with van der Waals surface area (Å²) in [4.78, 5) is 10.8. The van der Waals surface area contributed by atoms with Crippen molar-refractivity contribution in [3.63, 3.8) is 0 Å². The zero-order valence-corrected chi connectivity index (χ0v) is 11.7. The van der Waals surface area contributed by atoms with Gasteiger partial charge in [0.15, 0.2) is 0 Å². The second-order valence-electron chi connectivity index (χ2n) is 4.51. The Labute approximate surface area is 116 Å². The van der Waals surface area contributed by atoms with Crippen molar-refractivity contribution in [2.75, 3.05) is 11.6 Å². The van der Waals surface area contributed by atoms with Gasteiger partial charge in [-0.15, -0.1) is 0 Å². The summed E-state index contributed by atoms with van der Waals surface area (Å²) >= 11 is 8.00. The molecular weight excluding hydrogens is 270 g/mol. The molecule has 0 bridgehead atoms. The fourth-order valence-corrected chi connectivity index (χ4v) is 3.30. The minimum atomic E-state index is -0.952. The Balaban J connectivity index is 2.04. The van der Waals surface area contributed by atoms with Crippen molar-refractivity contribution in [1.82, 2.24) is 0 Å². The van der Waals surface area contributed by atoms with Crippen molar-refractivity contribution >= 4 is 35.0 Å². The van der Waals surface area contributed by atoms with Crippen molar-refractivity contribution in [1.29, 1.82) is 0 Å². The van der Waals surface area contributed by atoms with Crippen LogP contribution >= 0.6 is 23.4 Å². The number of rotatable bonds is 4. The normalized spacial score (nSPS) is 23.0. The molecule has 1 saturated carbocycles. The zero-order valence-electron chi connectivity index (χ0n) is 10.1. The second-order valence-corrected chi connectivity index (χ2v) is 6.06. The number of hydrogen-bond acceptors (Lipinski definition) is 3. The van der Waals surface area contributed by atoms with Crippen LogP contribution in [0.5, 0.6) is 0 Å². The van der Waals surface area contributed by atoms with Gasteiger partial charge < -0.3 is 10.4 Å². The molecule has 1 aliphatic carbocycles. The number of halogens is 1. The van der Waals surface area contributed by atoms with E-state index in [1.165, 1.54) is 12.5 Å². The average Bonchev–Trinajstić information content (AvgIpc) is 2.79. The summed E-state index contributed by atoms with van der Waals surface area (Å²) in [5, 5.41) is 13.5. The van der Waals surface area contributed by atoms with Crippen molar-refractivity contribution in [3.8, 4) is 0 Å². The molecule has 0 amide bonds. The van der Waals surface area contributed by atoms with Gasteiger partial charge in [-0.05, 0) is 43.7 Å². The number of carboxylic acids is 1. The molecular formula is C13H16ClNO2S. The zero-order chi connectivity index (χ0) is 13.1. The minimum Gasteiger partial charge on any atom is -0.478 e. The van der Waals surface area contributed by atoms with Crippen LogP contribution in [0.15, 0.2) is 18.2 Å². The number of benzene rings is 1. The Kier molecular flexibility index (Phi) is 4.40. The number of carbonyl (C=O) groups is 1. The van der Waals surface area contributed by atoms with Gasteiger partial charge in [-0.1, -0.05) is 11.6 Å². The van der Waals surface area contributed by atoms with Crippen LogP contribution in [0.2, 0.25) is 5.02 Å². The average molecular weight is 286 g/mol. The maximum absolute atomic E-state index is 10.8. The highest BCUT2D eigenvalue weighted by Crippen LogP contribution is 2.32. The van der Waals surface area contributed by atoms with Gasteiger partial charge in [-0.25, -0.2) is 4.79 Å². The van der Waals surface area contributed by atoms with Crippen molar-refractivity contribution < 1.29 is 9.90 Å². The monoisotopic (exact) mass is 285 g/mol. The largest absolute Gasteiger partial charge is 0.478 e. The van der Waals surface area contributed by atoms with E-state index in [1.54, 1.807) is 12.1 Å². The lowest BCUT2D eigenvalue weighted by Gasteiger charge is -2.15. The number of hydrogen-bond donors (Lipinski definition) is 2. The Hall–Kier alpha value is -0.870. The summed E-state index contributed by atoms with van der Waals surface area (Å²) in [6.07, 6.45) is 5.64. The first-order valence-corrected chi connectivity index (χ1v) is 7.59. The van der Waals surface area contributed by atoms with Crippen molar-refractivity contribution in [2.45, 2.75) is 30.6 Å². The molecule has 98 valence electrons. The molecule has 2 atom stereocenters. The van der Waals surface area contributed by atoms with Crippen LogP contribution in [0.3, 0.4) is 0 Å². The van der Waals surface area contributed by atoms with Crippen molar-refractivity contribution in [3.05, 3.63) is 28.8 Å². The SMILES string of the molecule is CSC1CCC(Nc2ccc(C(=O)O)cc2Cl)C1. The Morgan fingerprint density at radius 1 is 1.50 bits per heavy atom. The Bertz CT molecular complexity index is 453. The van der Waals surface area contributed by atoms with Crippen molar-refractivity contribution in [2.24, 2.45) is 0 Å². The number of thioether (sulfide) groups is 1. The number of aromatic carboxylic acids is 1. The van der Waals surface area contributed by atoms with Gasteiger partial charge in [0.25, 0.3) is 0 Å². The molecule has 0 aliphatic heterocycles. The van der Waals surface area contributed by atoms with Crippen LogP contribution < -0.4 is 5.32 Å². The predicted molar refractivity (Wildman–Crippen MR) is 77.0 cm³/mol. The van der Waals surface area contributed by atoms with E-state index in [0.717, 1.165) is 23.8 Å². The smallest absolute Gasteiger partial charge is 0.335 e.